The molecule has 0 spiro atoms. The number of rotatable bonds is 16. The second kappa shape index (κ2) is 16.3. The zero-order valence-corrected chi connectivity index (χ0v) is 23.5. The predicted octanol–water partition coefficient (Wildman–Crippen LogP) is -1.42. The number of aliphatic carboxylic acids is 1. The summed E-state index contributed by atoms with van der Waals surface area (Å²) in [7, 11) is -5.09. The van der Waals surface area contributed by atoms with Crippen LogP contribution < -0.4 is 27.0 Å². The van der Waals surface area contributed by atoms with E-state index in [9.17, 15) is 28.5 Å². The van der Waals surface area contributed by atoms with Crippen LogP contribution in [0.4, 0.5) is 0 Å². The van der Waals surface area contributed by atoms with E-state index in [-0.39, 0.29) is 12.8 Å². The maximum Gasteiger partial charge on any atom is 0.469 e. The van der Waals surface area contributed by atoms with Crippen LogP contribution in [0.5, 0.6) is 0 Å². The number of carboxylic acids is 1. The lowest BCUT2D eigenvalue weighted by Gasteiger charge is -2.25. The highest BCUT2D eigenvalue weighted by molar-refractivity contribution is 7.46. The number of nitrogens with one attached hydrogen (secondary N) is 4. The molecule has 2 aromatic carbocycles. The van der Waals surface area contributed by atoms with Gasteiger partial charge in [0.15, 0.2) is 0 Å². The van der Waals surface area contributed by atoms with Gasteiger partial charge in [0.25, 0.3) is 0 Å². The van der Waals surface area contributed by atoms with E-state index in [1.807, 2.05) is 0 Å². The first kappa shape index (κ1) is 34.1. The minimum atomic E-state index is -5.09. The molecule has 0 saturated carbocycles. The molecule has 0 heterocycles. The highest BCUT2D eigenvalue weighted by Gasteiger charge is 2.31. The molecule has 9 N–H and O–H groups in total. The third-order valence-electron chi connectivity index (χ3n) is 5.76. The van der Waals surface area contributed by atoms with Crippen LogP contribution in [0, 0.1) is 0 Å². The van der Waals surface area contributed by atoms with Crippen LogP contribution in [-0.4, -0.2) is 81.8 Å². The van der Waals surface area contributed by atoms with Crippen LogP contribution in [0.25, 0.3) is 0 Å². The summed E-state index contributed by atoms with van der Waals surface area (Å²) in [6.07, 6.45) is 0.146. The molecule has 228 valence electrons. The summed E-state index contributed by atoms with van der Waals surface area (Å²) >= 11 is 0. The first-order chi connectivity index (χ1) is 19.7. The molecule has 0 aliphatic heterocycles. The van der Waals surface area contributed by atoms with Crippen LogP contribution in [0.1, 0.15) is 18.1 Å². The van der Waals surface area contributed by atoms with E-state index in [4.69, 9.17) is 20.6 Å². The first-order valence-corrected chi connectivity index (χ1v) is 14.2. The van der Waals surface area contributed by atoms with Gasteiger partial charge in [-0.1, -0.05) is 60.7 Å². The van der Waals surface area contributed by atoms with Crippen LogP contribution in [0.2, 0.25) is 0 Å². The summed E-state index contributed by atoms with van der Waals surface area (Å²) in [6, 6.07) is 12.2. The van der Waals surface area contributed by atoms with Crippen LogP contribution in [0.15, 0.2) is 60.7 Å². The van der Waals surface area contributed by atoms with Gasteiger partial charge in [0, 0.05) is 6.42 Å². The normalized spacial score (nSPS) is 14.0. The van der Waals surface area contributed by atoms with Gasteiger partial charge in [-0.2, -0.15) is 0 Å². The summed E-state index contributed by atoms with van der Waals surface area (Å²) in [6.45, 7) is -0.483. The third-order valence-corrected chi connectivity index (χ3v) is 6.24. The number of hydrogen-bond acceptors (Lipinski definition) is 8. The summed E-state index contributed by atoms with van der Waals surface area (Å²) in [5.74, 6) is -4.83. The lowest BCUT2D eigenvalue weighted by atomic mass is 10.0. The van der Waals surface area contributed by atoms with Gasteiger partial charge in [-0.25, -0.2) is 4.57 Å². The molecule has 0 unspecified atom stereocenters. The lowest BCUT2D eigenvalue weighted by Crippen LogP contribution is -2.59. The molecule has 16 heteroatoms. The Morgan fingerprint density at radius 2 is 1.29 bits per heavy atom. The van der Waals surface area contributed by atoms with Gasteiger partial charge in [-0.05, 0) is 24.5 Å². The summed E-state index contributed by atoms with van der Waals surface area (Å²) < 4.78 is 15.7. The van der Waals surface area contributed by atoms with E-state index in [1.165, 1.54) is 6.92 Å². The van der Waals surface area contributed by atoms with E-state index in [1.54, 1.807) is 60.7 Å². The fourth-order valence-corrected chi connectivity index (χ4v) is 3.96. The highest BCUT2D eigenvalue weighted by atomic mass is 31.2. The molecule has 0 aliphatic carbocycles. The molecule has 0 bridgehead atoms. The number of hydrogen-bond donors (Lipinski definition) is 8. The molecule has 2 rings (SSSR count). The molecule has 0 aromatic heterocycles. The molecular weight excluding hydrogens is 573 g/mol. The van der Waals surface area contributed by atoms with Crippen molar-refractivity contribution in [3.8, 4) is 0 Å². The quantitative estimate of drug-likeness (QED) is 0.103. The Hall–Kier alpha value is -4.14. The minimum Gasteiger partial charge on any atom is -0.480 e. The summed E-state index contributed by atoms with van der Waals surface area (Å²) in [5.41, 5.74) is 7.51. The van der Waals surface area contributed by atoms with Crippen molar-refractivity contribution in [1.82, 2.24) is 21.3 Å². The number of nitrogens with two attached hydrogens (primary N) is 1. The van der Waals surface area contributed by atoms with Crippen LogP contribution >= 0.6 is 7.82 Å². The van der Waals surface area contributed by atoms with Gasteiger partial charge in [0.2, 0.25) is 23.6 Å². The predicted molar refractivity (Wildman–Crippen MR) is 148 cm³/mol. The number of carboxylic acid groups (broad SMARTS) is 1. The third kappa shape index (κ3) is 12.6. The molecular formula is C26H34N5O10P. The molecule has 4 amide bonds. The van der Waals surface area contributed by atoms with Gasteiger partial charge >= 0.3 is 13.8 Å². The van der Waals surface area contributed by atoms with Crippen molar-refractivity contribution in [2.45, 2.75) is 43.9 Å². The number of carbonyl (C=O) groups is 5. The Labute approximate surface area is 241 Å². The van der Waals surface area contributed by atoms with Crippen molar-refractivity contribution < 1.29 is 48.0 Å². The fourth-order valence-electron chi connectivity index (χ4n) is 3.62. The van der Waals surface area contributed by atoms with Crippen molar-refractivity contribution >= 4 is 37.4 Å². The monoisotopic (exact) mass is 607 g/mol. The largest absolute Gasteiger partial charge is 0.480 e. The van der Waals surface area contributed by atoms with Crippen molar-refractivity contribution in [3.63, 3.8) is 0 Å². The first-order valence-electron chi connectivity index (χ1n) is 12.7. The Morgan fingerprint density at radius 3 is 1.81 bits per heavy atom. The van der Waals surface area contributed by atoms with E-state index in [0.717, 1.165) is 5.56 Å². The molecule has 42 heavy (non-hydrogen) atoms. The summed E-state index contributed by atoms with van der Waals surface area (Å²) in [5, 5.41) is 17.9. The smallest absolute Gasteiger partial charge is 0.469 e. The van der Waals surface area contributed by atoms with Crippen molar-refractivity contribution in [1.29, 1.82) is 0 Å². The van der Waals surface area contributed by atoms with E-state index in [2.05, 4.69) is 25.8 Å². The Morgan fingerprint density at radius 1 is 0.786 bits per heavy atom. The Kier molecular flexibility index (Phi) is 13.3. The maximum atomic E-state index is 13.4. The molecule has 2 aromatic rings. The van der Waals surface area contributed by atoms with Gasteiger partial charge < -0.3 is 41.9 Å². The van der Waals surface area contributed by atoms with Crippen molar-refractivity contribution in [2.24, 2.45) is 5.73 Å². The van der Waals surface area contributed by atoms with Crippen molar-refractivity contribution in [2.75, 3.05) is 13.2 Å². The highest BCUT2D eigenvalue weighted by Crippen LogP contribution is 2.35. The minimum absolute atomic E-state index is 0.0296. The van der Waals surface area contributed by atoms with E-state index in [0.29, 0.717) is 5.56 Å². The number of benzene rings is 2. The van der Waals surface area contributed by atoms with Gasteiger partial charge in [0.1, 0.15) is 24.7 Å². The van der Waals surface area contributed by atoms with Crippen molar-refractivity contribution in [3.05, 3.63) is 71.8 Å². The second-order valence-electron chi connectivity index (χ2n) is 9.24. The fraction of sp³-hybridized carbons (Fsp3) is 0.346. The average Bonchev–Trinajstić information content (AvgIpc) is 2.93. The van der Waals surface area contributed by atoms with Gasteiger partial charge in [-0.3, -0.25) is 28.5 Å². The van der Waals surface area contributed by atoms with E-state index >= 15 is 0 Å². The van der Waals surface area contributed by atoms with Crippen LogP contribution in [0.3, 0.4) is 0 Å². The van der Waals surface area contributed by atoms with E-state index < -0.39 is 74.7 Å². The average molecular weight is 608 g/mol. The zero-order valence-electron chi connectivity index (χ0n) is 22.6. The number of carbonyl (C=O) groups excluding carboxylic acids is 4. The maximum absolute atomic E-state index is 13.4. The molecule has 15 nitrogen and oxygen atoms in total. The SMILES string of the molecule is C[C@H](NC(=O)[C@H](COP(=O)(O)O)NC(=O)[C@H](Cc1ccccc1)NC(=O)[C@@H](N)Cc1ccccc1)C(=O)NCC(=O)O. The summed E-state index contributed by atoms with van der Waals surface area (Å²) in [4.78, 5) is 80.2. The molecule has 0 radical (unpaired) electrons. The lowest BCUT2D eigenvalue weighted by molar-refractivity contribution is -0.138. The molecule has 0 fully saturated rings. The van der Waals surface area contributed by atoms with Gasteiger partial charge in [-0.15, -0.1) is 0 Å². The van der Waals surface area contributed by atoms with Gasteiger partial charge in [0.05, 0.1) is 12.6 Å². The Bertz CT molecular complexity index is 1270. The van der Waals surface area contributed by atoms with Crippen LogP contribution in [-0.2, 0) is 45.9 Å². The molecule has 4 atom stereocenters. The Balaban J connectivity index is 2.21. The molecule has 0 aliphatic rings. The number of amides is 4. The second-order valence-corrected chi connectivity index (χ2v) is 10.5. The number of phosphoric ester groups is 1. The number of phosphoric acid groups is 1. The standard InChI is InChI=1S/C26H34N5O10P/c1-16(23(34)28-14-22(32)33)29-26(37)21(15-41-42(38,39)40)31-25(36)20(13-18-10-6-3-7-11-18)30-24(35)19(27)12-17-8-4-2-5-9-17/h2-11,16,19-21H,12-15,27H2,1H3,(H,28,34)(H,29,37)(H,30,35)(H,31,36)(H,32,33)(H2,38,39,40)/t16-,19-,20-,21-/m0/s1. The zero-order chi connectivity index (χ0) is 31.3. The topological polar surface area (TPSA) is 246 Å². The molecule has 0 saturated heterocycles.